The molecule has 3 rings (SSSR count). The van der Waals surface area contributed by atoms with Gasteiger partial charge < -0.3 is 5.11 Å². The third-order valence-corrected chi connectivity index (χ3v) is 4.55. The molecule has 0 bridgehead atoms. The van der Waals surface area contributed by atoms with Gasteiger partial charge in [-0.25, -0.2) is 9.67 Å². The molecule has 1 aromatic rings. The smallest absolute Gasteiger partial charge is 0.168 e. The number of aryl methyl sites for hydroxylation is 1. The average molecular weight is 264 g/mol. The van der Waals surface area contributed by atoms with Gasteiger partial charge in [-0.2, -0.15) is 5.10 Å². The number of fused-ring (bicyclic) bond motifs is 1. The molecule has 5 nitrogen and oxygen atoms in total. The number of nitrogens with zero attached hydrogens (tertiary/aromatic N) is 4. The van der Waals surface area contributed by atoms with Crippen LogP contribution in [0.15, 0.2) is 0 Å². The molecule has 0 aliphatic carbocycles. The minimum Gasteiger partial charge on any atom is -0.396 e. The van der Waals surface area contributed by atoms with Gasteiger partial charge in [0.25, 0.3) is 0 Å². The Bertz CT molecular complexity index is 431. The molecule has 2 aliphatic rings. The second kappa shape index (κ2) is 5.59. The van der Waals surface area contributed by atoms with Crippen LogP contribution in [0.25, 0.3) is 0 Å². The highest BCUT2D eigenvalue weighted by Gasteiger charge is 2.28. The van der Waals surface area contributed by atoms with Gasteiger partial charge in [0.15, 0.2) is 5.82 Å². The summed E-state index contributed by atoms with van der Waals surface area (Å²) in [5.74, 6) is 2.48. The number of likely N-dealkylation sites (tertiary alicyclic amines) is 1. The summed E-state index contributed by atoms with van der Waals surface area (Å²) in [6.07, 6.45) is 5.75. The van der Waals surface area contributed by atoms with Gasteiger partial charge in [-0.15, -0.1) is 0 Å². The summed E-state index contributed by atoms with van der Waals surface area (Å²) in [5.41, 5.74) is 0. The van der Waals surface area contributed by atoms with E-state index in [4.69, 9.17) is 10.1 Å². The van der Waals surface area contributed by atoms with Crippen LogP contribution in [-0.2, 0) is 13.0 Å². The third kappa shape index (κ3) is 2.54. The van der Waals surface area contributed by atoms with Crippen molar-refractivity contribution in [2.45, 2.75) is 51.6 Å². The summed E-state index contributed by atoms with van der Waals surface area (Å²) in [6, 6.07) is 0.407. The molecule has 2 aliphatic heterocycles. The Hall–Kier alpha value is -0.940. The summed E-state index contributed by atoms with van der Waals surface area (Å²) in [7, 11) is 0. The molecule has 19 heavy (non-hydrogen) atoms. The zero-order chi connectivity index (χ0) is 13.2. The predicted molar refractivity (Wildman–Crippen MR) is 72.8 cm³/mol. The lowest BCUT2D eigenvalue weighted by molar-refractivity contribution is 0.149. The maximum Gasteiger partial charge on any atom is 0.168 e. The summed E-state index contributed by atoms with van der Waals surface area (Å²) in [6.45, 7) is 5.56. The Morgan fingerprint density at radius 2 is 2.21 bits per heavy atom. The van der Waals surface area contributed by atoms with Gasteiger partial charge in [0, 0.05) is 25.5 Å². The molecule has 0 saturated carbocycles. The molecular formula is C14H24N4O. The first-order valence-corrected chi connectivity index (χ1v) is 7.60. The van der Waals surface area contributed by atoms with Gasteiger partial charge in [0.05, 0.1) is 6.04 Å². The highest BCUT2D eigenvalue weighted by molar-refractivity contribution is 5.02. The molecular weight excluding hydrogens is 240 g/mol. The Kier molecular flexibility index (Phi) is 3.84. The average Bonchev–Trinajstić information content (AvgIpc) is 2.89. The fraction of sp³-hybridized carbons (Fsp3) is 0.857. The molecule has 0 amide bonds. The van der Waals surface area contributed by atoms with Crippen molar-refractivity contribution in [2.75, 3.05) is 19.7 Å². The first kappa shape index (κ1) is 13.1. The van der Waals surface area contributed by atoms with Crippen LogP contribution in [-0.4, -0.2) is 44.5 Å². The van der Waals surface area contributed by atoms with Crippen molar-refractivity contribution < 1.29 is 5.11 Å². The van der Waals surface area contributed by atoms with Crippen LogP contribution in [0.4, 0.5) is 0 Å². The number of aromatic nitrogens is 3. The highest BCUT2D eigenvalue weighted by Crippen LogP contribution is 2.29. The van der Waals surface area contributed by atoms with E-state index in [9.17, 15) is 5.11 Å². The Morgan fingerprint density at radius 1 is 1.32 bits per heavy atom. The lowest BCUT2D eigenvalue weighted by Gasteiger charge is -2.32. The van der Waals surface area contributed by atoms with Gasteiger partial charge >= 0.3 is 0 Å². The summed E-state index contributed by atoms with van der Waals surface area (Å²) >= 11 is 0. The van der Waals surface area contributed by atoms with Crippen molar-refractivity contribution in [2.24, 2.45) is 5.92 Å². The second-order valence-electron chi connectivity index (χ2n) is 5.80. The fourth-order valence-corrected chi connectivity index (χ4v) is 3.35. The van der Waals surface area contributed by atoms with Gasteiger partial charge in [0.2, 0.25) is 0 Å². The Morgan fingerprint density at radius 3 is 3.00 bits per heavy atom. The SMILES string of the molecule is CCN1CCCCC1c1nc2n(n1)CC(CO)CC2. The first-order valence-electron chi connectivity index (χ1n) is 7.60. The Balaban J connectivity index is 1.80. The maximum absolute atomic E-state index is 9.28. The molecule has 2 unspecified atom stereocenters. The van der Waals surface area contributed by atoms with Gasteiger partial charge in [0.1, 0.15) is 5.82 Å². The number of hydrogen-bond donors (Lipinski definition) is 1. The van der Waals surface area contributed by atoms with E-state index in [2.05, 4.69) is 11.8 Å². The topological polar surface area (TPSA) is 54.2 Å². The fourth-order valence-electron chi connectivity index (χ4n) is 3.35. The molecule has 5 heteroatoms. The molecule has 3 heterocycles. The van der Waals surface area contributed by atoms with E-state index in [1.54, 1.807) is 0 Å². The summed E-state index contributed by atoms with van der Waals surface area (Å²) in [4.78, 5) is 7.26. The number of rotatable bonds is 3. The van der Waals surface area contributed by atoms with Crippen molar-refractivity contribution in [1.29, 1.82) is 0 Å². The summed E-state index contributed by atoms with van der Waals surface area (Å²) in [5, 5.41) is 14.0. The minimum absolute atomic E-state index is 0.263. The van der Waals surface area contributed by atoms with E-state index in [1.807, 2.05) is 4.68 Å². The Labute approximate surface area is 114 Å². The maximum atomic E-state index is 9.28. The zero-order valence-corrected chi connectivity index (χ0v) is 11.8. The molecule has 1 N–H and O–H groups in total. The van der Waals surface area contributed by atoms with Crippen LogP contribution in [0.3, 0.4) is 0 Å². The lowest BCUT2D eigenvalue weighted by atomic mass is 10.0. The predicted octanol–water partition coefficient (Wildman–Crippen LogP) is 1.38. The standard InChI is InChI=1S/C14H24N4O/c1-2-17-8-4-3-5-12(17)14-15-13-7-6-11(10-19)9-18(13)16-14/h11-12,19H,2-10H2,1H3. The molecule has 1 fully saturated rings. The van der Waals surface area contributed by atoms with Crippen molar-refractivity contribution in [3.05, 3.63) is 11.6 Å². The van der Waals surface area contributed by atoms with Gasteiger partial charge in [-0.1, -0.05) is 13.3 Å². The van der Waals surface area contributed by atoms with Crippen molar-refractivity contribution in [3.8, 4) is 0 Å². The number of aliphatic hydroxyl groups is 1. The van der Waals surface area contributed by atoms with Crippen LogP contribution in [0.2, 0.25) is 0 Å². The van der Waals surface area contributed by atoms with Crippen molar-refractivity contribution in [1.82, 2.24) is 19.7 Å². The largest absolute Gasteiger partial charge is 0.396 e. The molecule has 0 spiro atoms. The molecule has 1 aromatic heterocycles. The zero-order valence-electron chi connectivity index (χ0n) is 11.8. The minimum atomic E-state index is 0.263. The molecule has 0 radical (unpaired) electrons. The van der Waals surface area contributed by atoms with Crippen molar-refractivity contribution in [3.63, 3.8) is 0 Å². The quantitative estimate of drug-likeness (QED) is 0.896. The van der Waals surface area contributed by atoms with Crippen LogP contribution < -0.4 is 0 Å². The third-order valence-electron chi connectivity index (χ3n) is 4.55. The summed E-state index contributed by atoms with van der Waals surface area (Å²) < 4.78 is 2.03. The first-order chi connectivity index (χ1) is 9.31. The van der Waals surface area contributed by atoms with E-state index in [1.165, 1.54) is 25.8 Å². The van der Waals surface area contributed by atoms with Crippen molar-refractivity contribution >= 4 is 0 Å². The molecule has 106 valence electrons. The van der Waals surface area contributed by atoms with E-state index in [0.717, 1.165) is 37.6 Å². The second-order valence-corrected chi connectivity index (χ2v) is 5.80. The number of hydrogen-bond acceptors (Lipinski definition) is 4. The molecule has 1 saturated heterocycles. The number of aliphatic hydroxyl groups excluding tert-OH is 1. The highest BCUT2D eigenvalue weighted by atomic mass is 16.3. The van der Waals surface area contributed by atoms with E-state index >= 15 is 0 Å². The monoisotopic (exact) mass is 264 g/mol. The van der Waals surface area contributed by atoms with Crippen LogP contribution in [0.5, 0.6) is 0 Å². The molecule has 0 aromatic carbocycles. The number of piperidine rings is 1. The van der Waals surface area contributed by atoms with E-state index in [0.29, 0.717) is 12.0 Å². The van der Waals surface area contributed by atoms with Gasteiger partial charge in [-0.3, -0.25) is 4.90 Å². The van der Waals surface area contributed by atoms with Crippen LogP contribution >= 0.6 is 0 Å². The van der Waals surface area contributed by atoms with Gasteiger partial charge in [-0.05, 0) is 32.4 Å². The van der Waals surface area contributed by atoms with E-state index in [-0.39, 0.29) is 6.61 Å². The van der Waals surface area contributed by atoms with Crippen LogP contribution in [0.1, 0.15) is 50.3 Å². The lowest BCUT2D eigenvalue weighted by Crippen LogP contribution is -2.33. The molecule has 2 atom stereocenters. The normalized spacial score (nSPS) is 28.3. The van der Waals surface area contributed by atoms with E-state index < -0.39 is 0 Å². The van der Waals surface area contributed by atoms with Crippen LogP contribution in [0, 0.1) is 5.92 Å².